The molecule has 4 heteroatoms. The molecule has 0 atom stereocenters. The van der Waals surface area contributed by atoms with E-state index in [0.29, 0.717) is 0 Å². The van der Waals surface area contributed by atoms with Gasteiger partial charge in [0.1, 0.15) is 11.2 Å². The van der Waals surface area contributed by atoms with E-state index in [1.54, 1.807) is 0 Å². The average molecular weight is 1050 g/mol. The van der Waals surface area contributed by atoms with Crippen LogP contribution < -0.4 is 0 Å². The first-order valence-electron chi connectivity index (χ1n) is 28.6. The molecule has 8 aromatic carbocycles. The lowest BCUT2D eigenvalue weighted by atomic mass is 9.82. The van der Waals surface area contributed by atoms with E-state index in [9.17, 15) is 0 Å². The van der Waals surface area contributed by atoms with Gasteiger partial charge < -0.3 is 4.42 Å². The van der Waals surface area contributed by atoms with E-state index in [2.05, 4.69) is 262 Å². The van der Waals surface area contributed by atoms with Gasteiger partial charge >= 0.3 is 0 Å². The lowest BCUT2D eigenvalue weighted by molar-refractivity contribution is 0.402. The van der Waals surface area contributed by atoms with E-state index in [0.717, 1.165) is 135 Å². The molecule has 4 nitrogen and oxygen atoms in total. The topological polar surface area (TPSA) is 51.8 Å². The summed E-state index contributed by atoms with van der Waals surface area (Å²) in [4.78, 5) is 15.5. The molecule has 4 heterocycles. The number of rotatable bonds is 9. The highest BCUT2D eigenvalue weighted by atomic mass is 16.3. The molecule has 4 aromatic heterocycles. The van der Waals surface area contributed by atoms with Gasteiger partial charge in [-0.15, -0.1) is 0 Å². The molecule has 0 radical (unpaired) electrons. The molecule has 0 N–H and O–H groups in total. The van der Waals surface area contributed by atoms with Gasteiger partial charge in [-0.25, -0.2) is 0 Å². The minimum atomic E-state index is 0.107. The van der Waals surface area contributed by atoms with Crippen LogP contribution in [0.15, 0.2) is 229 Å². The first kappa shape index (κ1) is 50.2. The lowest BCUT2D eigenvalue weighted by Gasteiger charge is -2.22. The molecule has 12 aromatic rings. The van der Waals surface area contributed by atoms with Crippen LogP contribution in [0.2, 0.25) is 0 Å². The Labute approximate surface area is 476 Å². The third kappa shape index (κ3) is 8.71. The first-order chi connectivity index (χ1) is 39.1. The smallest absolute Gasteiger partial charge is 0.144 e. The predicted molar refractivity (Wildman–Crippen MR) is 337 cm³/mol. The lowest BCUT2D eigenvalue weighted by Crippen LogP contribution is -2.18. The van der Waals surface area contributed by atoms with Crippen LogP contribution in [0.3, 0.4) is 0 Å². The van der Waals surface area contributed by atoms with Crippen LogP contribution in [-0.2, 0) is 21.7 Å². The summed E-state index contributed by atoms with van der Waals surface area (Å²) < 4.78 is 6.45. The van der Waals surface area contributed by atoms with Crippen molar-refractivity contribution in [3.8, 4) is 101 Å². The summed E-state index contributed by atoms with van der Waals surface area (Å²) in [6.07, 6.45) is 8.38. The zero-order valence-electron chi connectivity index (χ0n) is 47.5. The number of furan rings is 1. The largest absolute Gasteiger partial charge is 0.455 e. The molecule has 0 saturated carbocycles. The average Bonchev–Trinajstić information content (AvgIpc) is 4.26. The van der Waals surface area contributed by atoms with Crippen molar-refractivity contribution in [2.75, 3.05) is 0 Å². The Kier molecular flexibility index (Phi) is 11.7. The molecule has 0 amide bonds. The zero-order chi connectivity index (χ0) is 55.4. The number of fused-ring (bicyclic) bond motifs is 5. The summed E-state index contributed by atoms with van der Waals surface area (Å²) in [7, 11) is 0. The van der Waals surface area contributed by atoms with Crippen LogP contribution in [0.25, 0.3) is 122 Å². The molecule has 2 aliphatic carbocycles. The van der Waals surface area contributed by atoms with Gasteiger partial charge in [-0.3, -0.25) is 15.0 Å². The molecule has 81 heavy (non-hydrogen) atoms. The Morgan fingerprint density at radius 3 is 1.05 bits per heavy atom. The number of hydrogen-bond donors (Lipinski definition) is 0. The highest BCUT2D eigenvalue weighted by Gasteiger charge is 2.43. The van der Waals surface area contributed by atoms with Gasteiger partial charge in [0, 0.05) is 62.7 Å². The van der Waals surface area contributed by atoms with E-state index < -0.39 is 0 Å². The number of pyridine rings is 3. The molecule has 394 valence electrons. The maximum Gasteiger partial charge on any atom is 0.144 e. The summed E-state index contributed by atoms with van der Waals surface area (Å²) >= 11 is 0. The molecule has 0 fully saturated rings. The summed E-state index contributed by atoms with van der Waals surface area (Å²) in [6.45, 7) is 19.0. The molecular weight excluding hydrogens is 983 g/mol. The predicted octanol–water partition coefficient (Wildman–Crippen LogP) is 20.7. The second kappa shape index (κ2) is 18.8. The minimum absolute atomic E-state index is 0.107. The van der Waals surface area contributed by atoms with Crippen molar-refractivity contribution in [3.05, 3.63) is 247 Å². The Morgan fingerprint density at radius 1 is 0.284 bits per heavy atom. The number of hydrogen-bond acceptors (Lipinski definition) is 4. The van der Waals surface area contributed by atoms with Crippen molar-refractivity contribution in [1.29, 1.82) is 0 Å². The molecule has 0 saturated heterocycles. The Hall–Kier alpha value is -8.99. The minimum Gasteiger partial charge on any atom is -0.455 e. The van der Waals surface area contributed by atoms with Gasteiger partial charge in [0.2, 0.25) is 0 Å². The van der Waals surface area contributed by atoms with Crippen molar-refractivity contribution < 1.29 is 4.42 Å². The van der Waals surface area contributed by atoms with E-state index in [1.165, 1.54) is 22.3 Å². The number of para-hydroxylation sites is 2. The second-order valence-corrected chi connectivity index (χ2v) is 25.4. The molecular formula is C77H65N3O. The van der Waals surface area contributed by atoms with Crippen LogP contribution in [0, 0.1) is 0 Å². The Morgan fingerprint density at radius 2 is 0.630 bits per heavy atom. The first-order valence-corrected chi connectivity index (χ1v) is 28.6. The van der Waals surface area contributed by atoms with Gasteiger partial charge in [0.25, 0.3) is 0 Å². The zero-order valence-corrected chi connectivity index (χ0v) is 47.5. The van der Waals surface area contributed by atoms with Crippen molar-refractivity contribution in [2.24, 2.45) is 0 Å². The molecule has 0 spiro atoms. The third-order valence-corrected chi connectivity index (χ3v) is 17.9. The fourth-order valence-electron chi connectivity index (χ4n) is 14.5. The monoisotopic (exact) mass is 1050 g/mol. The van der Waals surface area contributed by atoms with Gasteiger partial charge in [-0.2, -0.15) is 0 Å². The van der Waals surface area contributed by atoms with Crippen LogP contribution in [-0.4, -0.2) is 15.0 Å². The maximum atomic E-state index is 6.45. The molecule has 14 rings (SSSR count). The molecule has 0 bridgehead atoms. The maximum absolute atomic E-state index is 6.45. The van der Waals surface area contributed by atoms with Crippen molar-refractivity contribution in [1.82, 2.24) is 15.0 Å². The van der Waals surface area contributed by atoms with Crippen LogP contribution in [0.1, 0.15) is 90.5 Å². The SMILES string of the molecule is CC1(C)CC(C)(C)c2cc(-c3ccc(-c4ccccc4-c4cc(-c5ccccc5-c5ccc(-c6ccc7c(c6)C(C)(C)CC7(C)C)nc5)cc(-c5ccccc5-c5ccc(-c6cccc7c6oc6ccccc67)nc5)c4)cn3)ccc21. The second-order valence-electron chi connectivity index (χ2n) is 25.4. The summed E-state index contributed by atoms with van der Waals surface area (Å²) in [5.41, 5.74) is 27.3. The van der Waals surface area contributed by atoms with Crippen molar-refractivity contribution in [3.63, 3.8) is 0 Å². The van der Waals surface area contributed by atoms with Gasteiger partial charge in [-0.1, -0.05) is 201 Å². The normalized spacial score (nSPS) is 15.5. The number of aromatic nitrogens is 3. The van der Waals surface area contributed by atoms with E-state index in [4.69, 9.17) is 19.4 Å². The van der Waals surface area contributed by atoms with Crippen molar-refractivity contribution >= 4 is 21.9 Å². The standard InChI is InChI=1S/C77H65N3O/c1-74(2)46-76(5,6)67-41-48(28-33-65(67)74)69-35-30-50(43-78-69)56-18-9-12-21-59(56)53-38-54(60-22-13-10-19-57(60)51-31-36-70(79-44-51)49-29-34-66-68(42-49)77(7,8)47-75(66,3)4)40-55(39-53)61-23-14-11-20-58(61)52-32-37-71(80-45-52)64-26-17-25-63-62-24-15-16-27-72(62)81-73(63)64/h9-45H,46-47H2,1-8H3. The highest BCUT2D eigenvalue weighted by Crippen LogP contribution is 2.52. The molecule has 0 unspecified atom stereocenters. The quantitative estimate of drug-likeness (QED) is 0.145. The van der Waals surface area contributed by atoms with Gasteiger partial charge in [0.05, 0.1) is 17.1 Å². The van der Waals surface area contributed by atoms with Gasteiger partial charge in [0.15, 0.2) is 0 Å². The van der Waals surface area contributed by atoms with E-state index in [-0.39, 0.29) is 21.7 Å². The number of nitrogens with zero attached hydrogens (tertiary/aromatic N) is 3. The van der Waals surface area contributed by atoms with Gasteiger partial charge in [-0.05, 0) is 167 Å². The van der Waals surface area contributed by atoms with Crippen molar-refractivity contribution in [2.45, 2.75) is 89.9 Å². The Bertz CT molecular complexity index is 4260. The summed E-state index contributed by atoms with van der Waals surface area (Å²) in [6, 6.07) is 75.0. The fraction of sp³-hybridized carbons (Fsp3) is 0.182. The van der Waals surface area contributed by atoms with E-state index >= 15 is 0 Å². The summed E-state index contributed by atoms with van der Waals surface area (Å²) in [5.74, 6) is 0. The molecule has 2 aliphatic rings. The summed E-state index contributed by atoms with van der Waals surface area (Å²) in [5, 5.41) is 2.19. The van der Waals surface area contributed by atoms with Crippen LogP contribution in [0.5, 0.6) is 0 Å². The van der Waals surface area contributed by atoms with Crippen LogP contribution >= 0.6 is 0 Å². The highest BCUT2D eigenvalue weighted by molar-refractivity contribution is 6.09. The fourth-order valence-corrected chi connectivity index (χ4v) is 14.5. The number of benzene rings is 8. The van der Waals surface area contributed by atoms with Crippen LogP contribution in [0.4, 0.5) is 0 Å². The molecule has 0 aliphatic heterocycles. The van der Waals surface area contributed by atoms with E-state index in [1.807, 2.05) is 18.3 Å². The Balaban J connectivity index is 0.871. The third-order valence-electron chi connectivity index (χ3n) is 17.9.